The summed E-state index contributed by atoms with van der Waals surface area (Å²) in [5.41, 5.74) is 2.67. The largest absolute Gasteiger partial charge is 0.457 e. The van der Waals surface area contributed by atoms with Crippen molar-refractivity contribution in [1.82, 2.24) is 0 Å². The minimum absolute atomic E-state index is 0.614. The van der Waals surface area contributed by atoms with Crippen LogP contribution in [-0.4, -0.2) is 5.21 Å². The first kappa shape index (κ1) is 10.8. The number of benzene rings is 2. The van der Waals surface area contributed by atoms with Gasteiger partial charge in [-0.3, -0.25) is 10.7 Å². The molecule has 2 N–H and O–H groups in total. The van der Waals surface area contributed by atoms with Crippen LogP contribution in [0, 0.1) is 0 Å². The Hall–Kier alpha value is -1.71. The van der Waals surface area contributed by atoms with Crippen LogP contribution < -0.4 is 10.2 Å². The van der Waals surface area contributed by atoms with Gasteiger partial charge in [-0.25, -0.2) is 0 Å². The summed E-state index contributed by atoms with van der Waals surface area (Å²) in [6.07, 6.45) is 0. The molecule has 0 amide bonds. The Morgan fingerprint density at radius 3 is 1.88 bits per heavy atom. The number of rotatable bonds is 3. The summed E-state index contributed by atoms with van der Waals surface area (Å²) in [4.78, 5) is 0. The van der Waals surface area contributed by atoms with E-state index >= 15 is 0 Å². The fraction of sp³-hybridized carbons (Fsp3) is 0. The van der Waals surface area contributed by atoms with E-state index in [9.17, 15) is 0 Å². The Morgan fingerprint density at radius 2 is 1.38 bits per heavy atom. The quantitative estimate of drug-likeness (QED) is 0.792. The molecule has 0 bridgehead atoms. The molecular formula is C12H10ClNO2. The molecule has 0 aliphatic rings. The van der Waals surface area contributed by atoms with Crippen LogP contribution in [0.25, 0.3) is 0 Å². The van der Waals surface area contributed by atoms with Crippen LogP contribution in [0.1, 0.15) is 0 Å². The highest BCUT2D eigenvalue weighted by atomic mass is 35.5. The van der Waals surface area contributed by atoms with Gasteiger partial charge in [0.25, 0.3) is 0 Å². The Balaban J connectivity index is 2.11. The summed E-state index contributed by atoms with van der Waals surface area (Å²) in [5, 5.41) is 9.32. The summed E-state index contributed by atoms with van der Waals surface area (Å²) >= 11 is 5.76. The molecule has 2 rings (SSSR count). The van der Waals surface area contributed by atoms with Crippen molar-refractivity contribution in [3.05, 3.63) is 53.6 Å². The fourth-order valence-corrected chi connectivity index (χ4v) is 1.36. The van der Waals surface area contributed by atoms with Crippen molar-refractivity contribution in [2.75, 3.05) is 5.48 Å². The smallest absolute Gasteiger partial charge is 0.127 e. The number of halogens is 1. The number of hydrogen-bond acceptors (Lipinski definition) is 3. The van der Waals surface area contributed by atoms with E-state index in [1.54, 1.807) is 48.5 Å². The van der Waals surface area contributed by atoms with E-state index in [0.717, 1.165) is 0 Å². The van der Waals surface area contributed by atoms with Crippen LogP contribution in [-0.2, 0) is 0 Å². The van der Waals surface area contributed by atoms with Crippen molar-refractivity contribution in [3.8, 4) is 11.5 Å². The van der Waals surface area contributed by atoms with Gasteiger partial charge >= 0.3 is 0 Å². The maximum Gasteiger partial charge on any atom is 0.127 e. The molecule has 0 aliphatic carbocycles. The van der Waals surface area contributed by atoms with Crippen molar-refractivity contribution >= 4 is 17.3 Å². The Kier molecular flexibility index (Phi) is 3.29. The number of hydrogen-bond donors (Lipinski definition) is 2. The third-order valence-electron chi connectivity index (χ3n) is 2.03. The van der Waals surface area contributed by atoms with Crippen molar-refractivity contribution in [1.29, 1.82) is 0 Å². The number of nitrogens with one attached hydrogen (secondary N) is 1. The lowest BCUT2D eigenvalue weighted by molar-refractivity contribution is 0.388. The van der Waals surface area contributed by atoms with Gasteiger partial charge in [0, 0.05) is 5.02 Å². The average molecular weight is 236 g/mol. The van der Waals surface area contributed by atoms with E-state index in [4.69, 9.17) is 21.5 Å². The molecule has 0 spiro atoms. The van der Waals surface area contributed by atoms with Gasteiger partial charge in [0.1, 0.15) is 11.5 Å². The molecule has 0 heterocycles. The van der Waals surface area contributed by atoms with Crippen LogP contribution in [0.4, 0.5) is 5.69 Å². The zero-order chi connectivity index (χ0) is 11.4. The van der Waals surface area contributed by atoms with Gasteiger partial charge in [0.15, 0.2) is 0 Å². The van der Waals surface area contributed by atoms with E-state index < -0.39 is 0 Å². The highest BCUT2D eigenvalue weighted by Crippen LogP contribution is 2.24. The van der Waals surface area contributed by atoms with Crippen LogP contribution >= 0.6 is 11.6 Å². The van der Waals surface area contributed by atoms with Gasteiger partial charge in [-0.05, 0) is 48.5 Å². The monoisotopic (exact) mass is 235 g/mol. The standard InChI is InChI=1S/C12H10ClNO2/c13-9-1-5-11(6-2-9)16-12-7-3-10(14-15)4-8-12/h1-8,14-15H. The molecule has 0 unspecified atom stereocenters. The molecule has 0 aliphatic heterocycles. The van der Waals surface area contributed by atoms with Crippen LogP contribution in [0.15, 0.2) is 48.5 Å². The first-order chi connectivity index (χ1) is 7.78. The van der Waals surface area contributed by atoms with Gasteiger partial charge in [-0.1, -0.05) is 11.6 Å². The van der Waals surface area contributed by atoms with Crippen LogP contribution in [0.3, 0.4) is 0 Å². The highest BCUT2D eigenvalue weighted by Gasteiger charge is 1.97. The van der Waals surface area contributed by atoms with Crippen LogP contribution in [0.2, 0.25) is 5.02 Å². The molecule has 0 fully saturated rings. The minimum Gasteiger partial charge on any atom is -0.457 e. The molecule has 2 aromatic rings. The lowest BCUT2D eigenvalue weighted by Crippen LogP contribution is -1.88. The van der Waals surface area contributed by atoms with Crippen molar-refractivity contribution in [2.45, 2.75) is 0 Å². The fourth-order valence-electron chi connectivity index (χ4n) is 1.24. The molecule has 0 aromatic heterocycles. The molecule has 16 heavy (non-hydrogen) atoms. The topological polar surface area (TPSA) is 41.5 Å². The van der Waals surface area contributed by atoms with E-state index in [2.05, 4.69) is 5.48 Å². The maximum absolute atomic E-state index is 8.64. The predicted molar refractivity (Wildman–Crippen MR) is 63.4 cm³/mol. The van der Waals surface area contributed by atoms with Crippen molar-refractivity contribution in [3.63, 3.8) is 0 Å². The molecule has 0 radical (unpaired) electrons. The van der Waals surface area contributed by atoms with Crippen molar-refractivity contribution in [2.24, 2.45) is 0 Å². The summed E-state index contributed by atoms with van der Waals surface area (Å²) in [7, 11) is 0. The first-order valence-corrected chi connectivity index (χ1v) is 5.09. The summed E-state index contributed by atoms with van der Waals surface area (Å²) in [6.45, 7) is 0. The summed E-state index contributed by atoms with van der Waals surface area (Å²) < 4.78 is 5.56. The normalized spacial score (nSPS) is 9.88. The van der Waals surface area contributed by atoms with E-state index in [1.165, 1.54) is 0 Å². The number of ether oxygens (including phenoxy) is 1. The molecule has 82 valence electrons. The van der Waals surface area contributed by atoms with E-state index in [-0.39, 0.29) is 0 Å². The molecule has 3 nitrogen and oxygen atoms in total. The van der Waals surface area contributed by atoms with E-state index in [0.29, 0.717) is 22.2 Å². The third-order valence-corrected chi connectivity index (χ3v) is 2.28. The molecule has 4 heteroatoms. The van der Waals surface area contributed by atoms with E-state index in [1.807, 2.05) is 0 Å². The second-order valence-electron chi connectivity index (χ2n) is 3.19. The number of anilines is 1. The van der Waals surface area contributed by atoms with Gasteiger partial charge < -0.3 is 4.74 Å². The Morgan fingerprint density at radius 1 is 0.875 bits per heavy atom. The summed E-state index contributed by atoms with van der Waals surface area (Å²) in [6, 6.07) is 14.1. The molecule has 0 saturated carbocycles. The lowest BCUT2D eigenvalue weighted by Gasteiger charge is -2.06. The lowest BCUT2D eigenvalue weighted by atomic mass is 10.3. The average Bonchev–Trinajstić information content (AvgIpc) is 2.33. The third kappa shape index (κ3) is 2.66. The minimum atomic E-state index is 0.614. The highest BCUT2D eigenvalue weighted by molar-refractivity contribution is 6.30. The van der Waals surface area contributed by atoms with Gasteiger partial charge in [0.2, 0.25) is 0 Å². The second-order valence-corrected chi connectivity index (χ2v) is 3.63. The van der Waals surface area contributed by atoms with Gasteiger partial charge in [0.05, 0.1) is 5.69 Å². The van der Waals surface area contributed by atoms with Crippen LogP contribution in [0.5, 0.6) is 11.5 Å². The molecule has 0 saturated heterocycles. The SMILES string of the molecule is ONc1ccc(Oc2ccc(Cl)cc2)cc1. The van der Waals surface area contributed by atoms with Gasteiger partial charge in [-0.15, -0.1) is 0 Å². The first-order valence-electron chi connectivity index (χ1n) is 4.71. The zero-order valence-electron chi connectivity index (χ0n) is 8.35. The molecule has 0 atom stereocenters. The summed E-state index contributed by atoms with van der Waals surface area (Å²) in [5.74, 6) is 1.41. The molecular weight excluding hydrogens is 226 g/mol. The molecule has 2 aromatic carbocycles. The van der Waals surface area contributed by atoms with Crippen molar-refractivity contribution < 1.29 is 9.94 Å². The van der Waals surface area contributed by atoms with Gasteiger partial charge in [-0.2, -0.15) is 0 Å². The Labute approximate surface area is 98.2 Å². The second kappa shape index (κ2) is 4.88. The Bertz CT molecular complexity index is 453. The maximum atomic E-state index is 8.64. The zero-order valence-corrected chi connectivity index (χ0v) is 9.11. The predicted octanol–water partition coefficient (Wildman–Crippen LogP) is 3.93.